The van der Waals surface area contributed by atoms with Gasteiger partial charge in [0.2, 0.25) is 0 Å². The highest BCUT2D eigenvalue weighted by Crippen LogP contribution is 2.21. The van der Waals surface area contributed by atoms with Crippen LogP contribution >= 0.6 is 0 Å². The lowest BCUT2D eigenvalue weighted by atomic mass is 9.91. The average Bonchev–Trinajstić information content (AvgIpc) is 2.58. The van der Waals surface area contributed by atoms with Crippen molar-refractivity contribution in [2.24, 2.45) is 5.92 Å². The lowest BCUT2D eigenvalue weighted by Gasteiger charge is -2.33. The molecule has 1 saturated heterocycles. The first-order valence-electron chi connectivity index (χ1n) is 5.57. The molecule has 2 heterocycles. The third-order valence-corrected chi connectivity index (χ3v) is 3.16. The Balaban J connectivity index is 1.98. The van der Waals surface area contributed by atoms with Crippen LogP contribution in [0.4, 0.5) is 0 Å². The summed E-state index contributed by atoms with van der Waals surface area (Å²) in [5.41, 5.74) is 0. The normalized spacial score (nSPS) is 28.2. The van der Waals surface area contributed by atoms with Gasteiger partial charge in [0.25, 0.3) is 0 Å². The van der Waals surface area contributed by atoms with E-state index in [-0.39, 0.29) is 6.10 Å². The summed E-state index contributed by atoms with van der Waals surface area (Å²) in [6.45, 7) is 3.91. The number of rotatable bonds is 2. The van der Waals surface area contributed by atoms with Gasteiger partial charge in [0.15, 0.2) is 0 Å². The largest absolute Gasteiger partial charge is 0.466 e. The highest BCUT2D eigenvalue weighted by molar-refractivity contribution is 5.07. The Morgan fingerprint density at radius 2 is 2.33 bits per heavy atom. The predicted octanol–water partition coefficient (Wildman–Crippen LogP) is 1.44. The summed E-state index contributed by atoms with van der Waals surface area (Å²) in [7, 11) is 2.10. The third kappa shape index (κ3) is 2.61. The van der Waals surface area contributed by atoms with E-state index in [9.17, 15) is 5.11 Å². The van der Waals surface area contributed by atoms with Crippen molar-refractivity contribution in [3.05, 3.63) is 23.7 Å². The summed E-state index contributed by atoms with van der Waals surface area (Å²) < 4.78 is 5.54. The molecule has 15 heavy (non-hydrogen) atoms. The first kappa shape index (κ1) is 10.7. The van der Waals surface area contributed by atoms with Crippen LogP contribution in [0.1, 0.15) is 17.9 Å². The van der Waals surface area contributed by atoms with Crippen molar-refractivity contribution in [2.75, 3.05) is 20.1 Å². The maximum absolute atomic E-state index is 9.89. The number of aliphatic hydroxyl groups excluding tert-OH is 1. The summed E-state index contributed by atoms with van der Waals surface area (Å²) in [5, 5.41) is 9.89. The van der Waals surface area contributed by atoms with Crippen LogP contribution < -0.4 is 0 Å². The fourth-order valence-electron chi connectivity index (χ4n) is 2.26. The Labute approximate surface area is 90.7 Å². The molecule has 0 aromatic carbocycles. The van der Waals surface area contributed by atoms with Crippen molar-refractivity contribution in [2.45, 2.75) is 25.9 Å². The zero-order chi connectivity index (χ0) is 10.8. The second-order valence-corrected chi connectivity index (χ2v) is 4.59. The minimum atomic E-state index is -0.174. The van der Waals surface area contributed by atoms with Crippen LogP contribution in [0, 0.1) is 12.8 Å². The van der Waals surface area contributed by atoms with E-state index < -0.39 is 0 Å². The lowest BCUT2D eigenvalue weighted by Crippen LogP contribution is -2.41. The molecule has 0 radical (unpaired) electrons. The summed E-state index contributed by atoms with van der Waals surface area (Å²) in [6, 6.07) is 3.99. The lowest BCUT2D eigenvalue weighted by molar-refractivity contribution is 0.0343. The summed E-state index contributed by atoms with van der Waals surface area (Å²) in [5.74, 6) is 2.25. The molecule has 2 rings (SSSR count). The molecule has 1 N–H and O–H groups in total. The number of aryl methyl sites for hydroxylation is 1. The summed E-state index contributed by atoms with van der Waals surface area (Å²) >= 11 is 0. The minimum Gasteiger partial charge on any atom is -0.466 e. The molecule has 1 fully saturated rings. The molecule has 2 unspecified atom stereocenters. The molecule has 84 valence electrons. The molecule has 0 saturated carbocycles. The van der Waals surface area contributed by atoms with Gasteiger partial charge in [-0.25, -0.2) is 0 Å². The zero-order valence-corrected chi connectivity index (χ0v) is 9.44. The SMILES string of the molecule is Cc1ccc(CC2CN(C)CCC2O)o1. The van der Waals surface area contributed by atoms with Crippen LogP contribution in [0.5, 0.6) is 0 Å². The Morgan fingerprint density at radius 1 is 1.53 bits per heavy atom. The van der Waals surface area contributed by atoms with E-state index in [1.807, 2.05) is 19.1 Å². The monoisotopic (exact) mass is 209 g/mol. The van der Waals surface area contributed by atoms with Gasteiger partial charge in [-0.1, -0.05) is 0 Å². The van der Waals surface area contributed by atoms with Crippen LogP contribution in [0.15, 0.2) is 16.5 Å². The average molecular weight is 209 g/mol. The van der Waals surface area contributed by atoms with Crippen molar-refractivity contribution in [3.8, 4) is 0 Å². The van der Waals surface area contributed by atoms with Crippen molar-refractivity contribution >= 4 is 0 Å². The van der Waals surface area contributed by atoms with E-state index in [2.05, 4.69) is 11.9 Å². The fraction of sp³-hybridized carbons (Fsp3) is 0.667. The highest BCUT2D eigenvalue weighted by Gasteiger charge is 2.26. The van der Waals surface area contributed by atoms with Crippen LogP contribution in [0.25, 0.3) is 0 Å². The number of furan rings is 1. The van der Waals surface area contributed by atoms with Gasteiger partial charge >= 0.3 is 0 Å². The van der Waals surface area contributed by atoms with E-state index in [1.165, 1.54) is 0 Å². The molecule has 1 aromatic rings. The minimum absolute atomic E-state index is 0.174. The van der Waals surface area contributed by atoms with E-state index in [4.69, 9.17) is 4.42 Å². The Hall–Kier alpha value is -0.800. The molecule has 0 aliphatic carbocycles. The van der Waals surface area contributed by atoms with Crippen LogP contribution in [0.2, 0.25) is 0 Å². The zero-order valence-electron chi connectivity index (χ0n) is 9.44. The predicted molar refractivity (Wildman–Crippen MR) is 58.8 cm³/mol. The molecule has 3 nitrogen and oxygen atoms in total. The molecular weight excluding hydrogens is 190 g/mol. The number of likely N-dealkylation sites (tertiary alicyclic amines) is 1. The number of aliphatic hydroxyl groups is 1. The molecule has 0 amide bonds. The summed E-state index contributed by atoms with van der Waals surface area (Å²) in [4.78, 5) is 2.27. The van der Waals surface area contributed by atoms with Crippen molar-refractivity contribution < 1.29 is 9.52 Å². The van der Waals surface area contributed by atoms with Gasteiger partial charge in [-0.15, -0.1) is 0 Å². The number of hydrogen-bond donors (Lipinski definition) is 1. The smallest absolute Gasteiger partial charge is 0.104 e. The Morgan fingerprint density at radius 3 is 3.00 bits per heavy atom. The van der Waals surface area contributed by atoms with Crippen molar-refractivity contribution in [3.63, 3.8) is 0 Å². The maximum atomic E-state index is 9.89. The molecule has 2 atom stereocenters. The Bertz CT molecular complexity index is 321. The fourth-order valence-corrected chi connectivity index (χ4v) is 2.26. The van der Waals surface area contributed by atoms with Gasteiger partial charge in [0.1, 0.15) is 11.5 Å². The molecule has 1 aromatic heterocycles. The third-order valence-electron chi connectivity index (χ3n) is 3.16. The van der Waals surface area contributed by atoms with Gasteiger partial charge in [-0.05, 0) is 32.5 Å². The quantitative estimate of drug-likeness (QED) is 0.800. The van der Waals surface area contributed by atoms with E-state index in [1.54, 1.807) is 0 Å². The second-order valence-electron chi connectivity index (χ2n) is 4.59. The molecule has 1 aliphatic rings. The maximum Gasteiger partial charge on any atom is 0.104 e. The summed E-state index contributed by atoms with van der Waals surface area (Å²) in [6.07, 6.45) is 1.55. The molecule has 0 spiro atoms. The van der Waals surface area contributed by atoms with Gasteiger partial charge < -0.3 is 14.4 Å². The number of piperidine rings is 1. The van der Waals surface area contributed by atoms with Crippen molar-refractivity contribution in [1.29, 1.82) is 0 Å². The molecule has 1 aliphatic heterocycles. The first-order chi connectivity index (χ1) is 7.15. The van der Waals surface area contributed by atoms with Gasteiger partial charge in [0.05, 0.1) is 6.10 Å². The Kier molecular flexibility index (Phi) is 3.12. The van der Waals surface area contributed by atoms with E-state index in [0.717, 1.165) is 37.5 Å². The standard InChI is InChI=1S/C12H19NO2/c1-9-3-4-11(15-9)7-10-8-13(2)6-5-12(10)14/h3-4,10,12,14H,5-8H2,1-2H3. The second kappa shape index (κ2) is 4.37. The van der Waals surface area contributed by atoms with E-state index >= 15 is 0 Å². The van der Waals surface area contributed by atoms with E-state index in [0.29, 0.717) is 5.92 Å². The number of nitrogens with zero attached hydrogens (tertiary/aromatic N) is 1. The first-order valence-corrected chi connectivity index (χ1v) is 5.57. The molecular formula is C12H19NO2. The topological polar surface area (TPSA) is 36.6 Å². The van der Waals surface area contributed by atoms with Crippen LogP contribution in [-0.2, 0) is 6.42 Å². The van der Waals surface area contributed by atoms with Crippen molar-refractivity contribution in [1.82, 2.24) is 4.90 Å². The van der Waals surface area contributed by atoms with Gasteiger partial charge in [0, 0.05) is 25.4 Å². The van der Waals surface area contributed by atoms with Crippen LogP contribution in [0.3, 0.4) is 0 Å². The highest BCUT2D eigenvalue weighted by atomic mass is 16.3. The van der Waals surface area contributed by atoms with Gasteiger partial charge in [-0.2, -0.15) is 0 Å². The number of hydrogen-bond acceptors (Lipinski definition) is 3. The van der Waals surface area contributed by atoms with Crippen LogP contribution in [-0.4, -0.2) is 36.2 Å². The molecule has 3 heteroatoms. The molecule has 0 bridgehead atoms. The van der Waals surface area contributed by atoms with Gasteiger partial charge in [-0.3, -0.25) is 0 Å².